The molecule has 20 heavy (non-hydrogen) atoms. The number of nitrogens with one attached hydrogen (secondary N) is 1. The first kappa shape index (κ1) is 14.2. The Bertz CT molecular complexity index is 628. The maximum Gasteiger partial charge on any atom is 0.191 e. The van der Waals surface area contributed by atoms with Crippen LogP contribution in [0.3, 0.4) is 0 Å². The lowest BCUT2D eigenvalue weighted by Gasteiger charge is -2.20. The lowest BCUT2D eigenvalue weighted by atomic mass is 10.2. The largest absolute Gasteiger partial charge is 0.373 e. The molecule has 2 rings (SSSR count). The zero-order chi connectivity index (χ0) is 14.5. The van der Waals surface area contributed by atoms with Gasteiger partial charge in [0.05, 0.1) is 11.3 Å². The molecule has 0 saturated carbocycles. The van der Waals surface area contributed by atoms with Gasteiger partial charge in [-0.1, -0.05) is 23.9 Å². The molecule has 1 N–H and O–H groups in total. The van der Waals surface area contributed by atoms with Crippen molar-refractivity contribution in [3.63, 3.8) is 0 Å². The molecule has 0 bridgehead atoms. The Kier molecular flexibility index (Phi) is 4.43. The van der Waals surface area contributed by atoms with Crippen molar-refractivity contribution in [1.82, 2.24) is 9.97 Å². The van der Waals surface area contributed by atoms with Gasteiger partial charge in [-0.05, 0) is 18.4 Å². The number of benzene rings is 1. The summed E-state index contributed by atoms with van der Waals surface area (Å²) in [5, 5.41) is 12.9. The zero-order valence-electron chi connectivity index (χ0n) is 11.6. The molecule has 102 valence electrons. The third-order valence-electron chi connectivity index (χ3n) is 2.86. The molecule has 0 aliphatic rings. The summed E-state index contributed by atoms with van der Waals surface area (Å²) < 4.78 is 0. The minimum Gasteiger partial charge on any atom is -0.373 e. The summed E-state index contributed by atoms with van der Waals surface area (Å²) in [6, 6.07) is 11.5. The fourth-order valence-corrected chi connectivity index (χ4v) is 2.16. The van der Waals surface area contributed by atoms with Crippen molar-refractivity contribution in [2.45, 2.75) is 5.16 Å². The van der Waals surface area contributed by atoms with Crippen LogP contribution in [-0.2, 0) is 0 Å². The van der Waals surface area contributed by atoms with Crippen LogP contribution in [0.2, 0.25) is 0 Å². The number of rotatable bonds is 4. The lowest BCUT2D eigenvalue weighted by Crippen LogP contribution is -2.14. The topological polar surface area (TPSA) is 64.8 Å². The van der Waals surface area contributed by atoms with E-state index >= 15 is 0 Å². The number of nitrogens with zero attached hydrogens (tertiary/aromatic N) is 4. The fourth-order valence-electron chi connectivity index (χ4n) is 1.79. The molecule has 0 radical (unpaired) electrons. The van der Waals surface area contributed by atoms with Gasteiger partial charge < -0.3 is 10.2 Å². The molecule has 6 heteroatoms. The highest BCUT2D eigenvalue weighted by Gasteiger charge is 2.12. The molecule has 1 aromatic carbocycles. The van der Waals surface area contributed by atoms with Gasteiger partial charge >= 0.3 is 0 Å². The number of thioether (sulfide) groups is 1. The van der Waals surface area contributed by atoms with Crippen LogP contribution in [0.1, 0.15) is 5.56 Å². The van der Waals surface area contributed by atoms with E-state index in [0.29, 0.717) is 10.7 Å². The summed E-state index contributed by atoms with van der Waals surface area (Å²) in [5.74, 6) is 1.50. The van der Waals surface area contributed by atoms with Crippen molar-refractivity contribution >= 4 is 29.1 Å². The van der Waals surface area contributed by atoms with Crippen molar-refractivity contribution < 1.29 is 0 Å². The standard InChI is InChI=1S/C14H15N5S/c1-16-12-8-13(18-14(17-12)20-3)19(2)11-7-5-4-6-10(11)9-15/h4-8H,1-3H3,(H,16,17,18). The monoisotopic (exact) mass is 285 g/mol. The van der Waals surface area contributed by atoms with Crippen molar-refractivity contribution in [2.75, 3.05) is 30.6 Å². The van der Waals surface area contributed by atoms with Crippen LogP contribution < -0.4 is 10.2 Å². The molecule has 0 atom stereocenters. The summed E-state index contributed by atoms with van der Waals surface area (Å²) in [7, 11) is 3.71. The Morgan fingerprint density at radius 2 is 2.05 bits per heavy atom. The molecule has 0 aliphatic heterocycles. The number of nitriles is 1. The average Bonchev–Trinajstić information content (AvgIpc) is 2.53. The molecule has 0 amide bonds. The van der Waals surface area contributed by atoms with Gasteiger partial charge in [0.2, 0.25) is 0 Å². The second kappa shape index (κ2) is 6.26. The van der Waals surface area contributed by atoms with Gasteiger partial charge in [0.1, 0.15) is 17.7 Å². The molecular weight excluding hydrogens is 270 g/mol. The highest BCUT2D eigenvalue weighted by Crippen LogP contribution is 2.27. The maximum absolute atomic E-state index is 9.19. The van der Waals surface area contributed by atoms with E-state index < -0.39 is 0 Å². The molecule has 0 aliphatic carbocycles. The maximum atomic E-state index is 9.19. The number of aromatic nitrogens is 2. The third kappa shape index (κ3) is 2.83. The van der Waals surface area contributed by atoms with Crippen LogP contribution in [0.4, 0.5) is 17.3 Å². The first-order valence-electron chi connectivity index (χ1n) is 6.03. The average molecular weight is 285 g/mol. The molecular formula is C14H15N5S. The van der Waals surface area contributed by atoms with E-state index in [0.717, 1.165) is 17.3 Å². The normalized spacial score (nSPS) is 9.90. The summed E-state index contributed by atoms with van der Waals surface area (Å²) in [4.78, 5) is 10.7. The molecule has 0 unspecified atom stereocenters. The number of hydrogen-bond acceptors (Lipinski definition) is 6. The van der Waals surface area contributed by atoms with E-state index in [4.69, 9.17) is 0 Å². The van der Waals surface area contributed by atoms with Crippen molar-refractivity contribution in [3.05, 3.63) is 35.9 Å². The predicted molar refractivity (Wildman–Crippen MR) is 82.6 cm³/mol. The first-order valence-corrected chi connectivity index (χ1v) is 7.25. The van der Waals surface area contributed by atoms with Crippen LogP contribution in [0.5, 0.6) is 0 Å². The smallest absolute Gasteiger partial charge is 0.191 e. The Morgan fingerprint density at radius 3 is 2.70 bits per heavy atom. The van der Waals surface area contributed by atoms with Crippen molar-refractivity contribution in [2.24, 2.45) is 0 Å². The van der Waals surface area contributed by atoms with Gasteiger partial charge in [-0.25, -0.2) is 9.97 Å². The second-order valence-corrected chi connectivity index (χ2v) is 4.81. The minimum absolute atomic E-state index is 0.616. The van der Waals surface area contributed by atoms with E-state index in [1.54, 1.807) is 6.07 Å². The number of hydrogen-bond donors (Lipinski definition) is 1. The Labute approximate surface area is 122 Å². The minimum atomic E-state index is 0.616. The van der Waals surface area contributed by atoms with Crippen LogP contribution in [-0.4, -0.2) is 30.3 Å². The van der Waals surface area contributed by atoms with Gasteiger partial charge in [-0.2, -0.15) is 5.26 Å². The molecule has 0 fully saturated rings. The van der Waals surface area contributed by atoms with Crippen LogP contribution in [0.25, 0.3) is 0 Å². The molecule has 1 heterocycles. The van der Waals surface area contributed by atoms with Gasteiger partial charge in [0, 0.05) is 20.2 Å². The second-order valence-electron chi connectivity index (χ2n) is 4.04. The first-order chi connectivity index (χ1) is 9.69. The van der Waals surface area contributed by atoms with E-state index in [1.807, 2.05) is 49.5 Å². The third-order valence-corrected chi connectivity index (χ3v) is 3.41. The quantitative estimate of drug-likeness (QED) is 0.688. The van der Waals surface area contributed by atoms with E-state index in [1.165, 1.54) is 11.8 Å². The molecule has 2 aromatic rings. The van der Waals surface area contributed by atoms with Crippen LogP contribution in [0.15, 0.2) is 35.5 Å². The number of para-hydroxylation sites is 1. The van der Waals surface area contributed by atoms with E-state index in [-0.39, 0.29) is 0 Å². The molecule has 1 aromatic heterocycles. The Hall–Kier alpha value is -2.26. The molecule has 0 spiro atoms. The van der Waals surface area contributed by atoms with Gasteiger partial charge in [0.25, 0.3) is 0 Å². The lowest BCUT2D eigenvalue weighted by molar-refractivity contribution is 0.947. The summed E-state index contributed by atoms with van der Waals surface area (Å²) >= 11 is 1.48. The summed E-state index contributed by atoms with van der Waals surface area (Å²) in [6.07, 6.45) is 1.93. The summed E-state index contributed by atoms with van der Waals surface area (Å²) in [6.45, 7) is 0. The SMILES string of the molecule is CNc1cc(N(C)c2ccccc2C#N)nc(SC)n1. The molecule has 0 saturated heterocycles. The van der Waals surface area contributed by atoms with Gasteiger partial charge in [-0.15, -0.1) is 0 Å². The highest BCUT2D eigenvalue weighted by molar-refractivity contribution is 7.98. The fraction of sp³-hybridized carbons (Fsp3) is 0.214. The van der Waals surface area contributed by atoms with Crippen LogP contribution >= 0.6 is 11.8 Å². The highest BCUT2D eigenvalue weighted by atomic mass is 32.2. The van der Waals surface area contributed by atoms with Crippen LogP contribution in [0, 0.1) is 11.3 Å². The van der Waals surface area contributed by atoms with Gasteiger partial charge in [0.15, 0.2) is 5.16 Å². The Morgan fingerprint density at radius 1 is 1.30 bits per heavy atom. The van der Waals surface area contributed by atoms with Crippen molar-refractivity contribution in [1.29, 1.82) is 5.26 Å². The Balaban J connectivity index is 2.47. The van der Waals surface area contributed by atoms with E-state index in [2.05, 4.69) is 21.4 Å². The van der Waals surface area contributed by atoms with Crippen molar-refractivity contribution in [3.8, 4) is 6.07 Å². The predicted octanol–water partition coefficient (Wildman–Crippen LogP) is 2.88. The number of anilines is 3. The van der Waals surface area contributed by atoms with Gasteiger partial charge in [-0.3, -0.25) is 0 Å². The summed E-state index contributed by atoms with van der Waals surface area (Å²) in [5.41, 5.74) is 1.44. The zero-order valence-corrected chi connectivity index (χ0v) is 12.4. The van der Waals surface area contributed by atoms with E-state index in [9.17, 15) is 5.26 Å². The molecule has 5 nitrogen and oxygen atoms in total.